The van der Waals surface area contributed by atoms with Gasteiger partial charge in [0.15, 0.2) is 5.65 Å². The fourth-order valence-electron chi connectivity index (χ4n) is 2.63. The highest BCUT2D eigenvalue weighted by molar-refractivity contribution is 5.91. The Morgan fingerprint density at radius 1 is 0.960 bits per heavy atom. The molecular weight excluding hydrogens is 314 g/mol. The number of fused-ring (bicyclic) bond motifs is 1. The zero-order valence-corrected chi connectivity index (χ0v) is 13.5. The molecule has 3 heterocycles. The molecule has 122 valence electrons. The maximum atomic E-state index is 12.6. The van der Waals surface area contributed by atoms with Crippen molar-refractivity contribution in [2.24, 2.45) is 0 Å². The number of benzene rings is 1. The lowest BCUT2D eigenvalue weighted by Crippen LogP contribution is -2.13. The number of H-pyrrole nitrogens is 1. The quantitative estimate of drug-likeness (QED) is 0.601. The highest BCUT2D eigenvalue weighted by Crippen LogP contribution is 2.23. The van der Waals surface area contributed by atoms with E-state index in [4.69, 9.17) is 0 Å². The van der Waals surface area contributed by atoms with Crippen LogP contribution in [0.15, 0.2) is 65.7 Å². The number of nitrogens with one attached hydrogen (secondary N) is 2. The summed E-state index contributed by atoms with van der Waals surface area (Å²) >= 11 is 0. The summed E-state index contributed by atoms with van der Waals surface area (Å²) in [7, 11) is 0. The number of hydrogen-bond donors (Lipinski definition) is 2. The minimum absolute atomic E-state index is 0.256. The van der Waals surface area contributed by atoms with Crippen molar-refractivity contribution < 1.29 is 0 Å². The van der Waals surface area contributed by atoms with Gasteiger partial charge in [0.05, 0.1) is 11.1 Å². The number of rotatable bonds is 3. The summed E-state index contributed by atoms with van der Waals surface area (Å²) in [5.74, 6) is 0.354. The third kappa shape index (κ3) is 2.97. The number of nitrogens with zero attached hydrogens (tertiary/aromatic N) is 3. The molecule has 1 aromatic carbocycles. The third-order valence-electron chi connectivity index (χ3n) is 3.86. The average Bonchev–Trinajstić information content (AvgIpc) is 2.64. The largest absolute Gasteiger partial charge is 0.326 e. The van der Waals surface area contributed by atoms with Gasteiger partial charge in [0.1, 0.15) is 0 Å². The molecule has 0 saturated carbocycles. The molecule has 0 atom stereocenters. The SMILES string of the molecule is Cc1ccc(Nc2nc3nccc(-c4ccccn4)c3c(=O)[nH]2)cc1. The second-order valence-electron chi connectivity index (χ2n) is 5.68. The van der Waals surface area contributed by atoms with Gasteiger partial charge < -0.3 is 5.32 Å². The van der Waals surface area contributed by atoms with Crippen LogP contribution in [0.2, 0.25) is 0 Å². The van der Waals surface area contributed by atoms with Crippen LogP contribution < -0.4 is 10.9 Å². The predicted octanol–water partition coefficient (Wildman–Crippen LogP) is 3.43. The van der Waals surface area contributed by atoms with Gasteiger partial charge in [-0.05, 0) is 37.3 Å². The fourth-order valence-corrected chi connectivity index (χ4v) is 2.63. The van der Waals surface area contributed by atoms with Gasteiger partial charge in [-0.1, -0.05) is 23.8 Å². The van der Waals surface area contributed by atoms with Crippen molar-refractivity contribution in [1.82, 2.24) is 19.9 Å². The zero-order valence-electron chi connectivity index (χ0n) is 13.5. The lowest BCUT2D eigenvalue weighted by atomic mass is 10.1. The van der Waals surface area contributed by atoms with Crippen molar-refractivity contribution in [3.05, 3.63) is 76.8 Å². The first kappa shape index (κ1) is 15.0. The van der Waals surface area contributed by atoms with Gasteiger partial charge in [-0.2, -0.15) is 4.98 Å². The molecule has 6 heteroatoms. The van der Waals surface area contributed by atoms with E-state index in [2.05, 4.69) is 25.3 Å². The van der Waals surface area contributed by atoms with E-state index in [0.717, 1.165) is 11.3 Å². The molecule has 0 aliphatic rings. The summed E-state index contributed by atoms with van der Waals surface area (Å²) in [6.45, 7) is 2.02. The standard InChI is InChI=1S/C19H15N5O/c1-12-5-7-13(8-6-12)22-19-23-17-16(18(25)24-19)14(9-11-21-17)15-4-2-3-10-20-15/h2-11H,1H3,(H2,21,22,23,24,25). The molecule has 0 aliphatic carbocycles. The second-order valence-corrected chi connectivity index (χ2v) is 5.68. The highest BCUT2D eigenvalue weighted by Gasteiger charge is 2.12. The van der Waals surface area contributed by atoms with E-state index >= 15 is 0 Å². The first-order valence-electron chi connectivity index (χ1n) is 7.85. The summed E-state index contributed by atoms with van der Waals surface area (Å²) in [4.78, 5) is 28.4. The van der Waals surface area contributed by atoms with Crippen molar-refractivity contribution in [2.75, 3.05) is 5.32 Å². The molecule has 0 saturated heterocycles. The number of aryl methyl sites for hydroxylation is 1. The molecule has 6 nitrogen and oxygen atoms in total. The van der Waals surface area contributed by atoms with Crippen LogP contribution in [0.1, 0.15) is 5.56 Å². The lowest BCUT2D eigenvalue weighted by molar-refractivity contribution is 1.14. The van der Waals surface area contributed by atoms with Gasteiger partial charge in [0.25, 0.3) is 5.56 Å². The van der Waals surface area contributed by atoms with Crippen LogP contribution in [-0.4, -0.2) is 19.9 Å². The van der Waals surface area contributed by atoms with Gasteiger partial charge in [-0.3, -0.25) is 14.8 Å². The van der Waals surface area contributed by atoms with E-state index in [-0.39, 0.29) is 5.56 Å². The van der Waals surface area contributed by atoms with E-state index < -0.39 is 0 Å². The van der Waals surface area contributed by atoms with Crippen molar-refractivity contribution >= 4 is 22.7 Å². The normalized spacial score (nSPS) is 10.8. The minimum atomic E-state index is -0.256. The lowest BCUT2D eigenvalue weighted by Gasteiger charge is -2.08. The summed E-state index contributed by atoms with van der Waals surface area (Å²) < 4.78 is 0. The summed E-state index contributed by atoms with van der Waals surface area (Å²) in [6, 6.07) is 15.2. The van der Waals surface area contributed by atoms with E-state index in [9.17, 15) is 4.79 Å². The topological polar surface area (TPSA) is 83.6 Å². The summed E-state index contributed by atoms with van der Waals surface area (Å²) in [5.41, 5.74) is 3.54. The molecule has 0 spiro atoms. The van der Waals surface area contributed by atoms with Gasteiger partial charge in [-0.25, -0.2) is 4.98 Å². The van der Waals surface area contributed by atoms with E-state index in [1.54, 1.807) is 18.5 Å². The van der Waals surface area contributed by atoms with Crippen molar-refractivity contribution in [3.8, 4) is 11.3 Å². The maximum Gasteiger partial charge on any atom is 0.262 e. The van der Waals surface area contributed by atoms with Crippen LogP contribution in [0.25, 0.3) is 22.3 Å². The van der Waals surface area contributed by atoms with Crippen LogP contribution >= 0.6 is 0 Å². The molecule has 0 bridgehead atoms. The Morgan fingerprint density at radius 3 is 2.56 bits per heavy atom. The molecule has 0 amide bonds. The molecule has 0 radical (unpaired) electrons. The smallest absolute Gasteiger partial charge is 0.262 e. The van der Waals surface area contributed by atoms with Crippen LogP contribution in [0.4, 0.5) is 11.6 Å². The van der Waals surface area contributed by atoms with Crippen molar-refractivity contribution in [1.29, 1.82) is 0 Å². The number of aromatic amines is 1. The molecule has 0 aliphatic heterocycles. The third-order valence-corrected chi connectivity index (χ3v) is 3.86. The Kier molecular flexibility index (Phi) is 3.70. The summed E-state index contributed by atoms with van der Waals surface area (Å²) in [6.07, 6.45) is 3.32. The van der Waals surface area contributed by atoms with Crippen molar-refractivity contribution in [3.63, 3.8) is 0 Å². The minimum Gasteiger partial charge on any atom is -0.326 e. The molecular formula is C19H15N5O. The number of anilines is 2. The molecule has 25 heavy (non-hydrogen) atoms. The van der Waals surface area contributed by atoms with Gasteiger partial charge in [-0.15, -0.1) is 0 Å². The Morgan fingerprint density at radius 2 is 1.80 bits per heavy atom. The van der Waals surface area contributed by atoms with Crippen LogP contribution in [-0.2, 0) is 0 Å². The highest BCUT2D eigenvalue weighted by atomic mass is 16.1. The Labute approximate surface area is 143 Å². The van der Waals surface area contributed by atoms with E-state index in [0.29, 0.717) is 28.2 Å². The number of hydrogen-bond acceptors (Lipinski definition) is 5. The zero-order chi connectivity index (χ0) is 17.2. The Hall–Kier alpha value is -3.54. The molecule has 0 fully saturated rings. The van der Waals surface area contributed by atoms with Crippen LogP contribution in [0.3, 0.4) is 0 Å². The monoisotopic (exact) mass is 329 g/mol. The van der Waals surface area contributed by atoms with Crippen LogP contribution in [0.5, 0.6) is 0 Å². The molecule has 0 unspecified atom stereocenters. The maximum absolute atomic E-state index is 12.6. The first-order chi connectivity index (χ1) is 12.2. The van der Waals surface area contributed by atoms with E-state index in [1.165, 1.54) is 0 Å². The van der Waals surface area contributed by atoms with Crippen molar-refractivity contribution in [2.45, 2.75) is 6.92 Å². The average molecular weight is 329 g/mol. The summed E-state index contributed by atoms with van der Waals surface area (Å²) in [5, 5.41) is 3.53. The van der Waals surface area contributed by atoms with E-state index in [1.807, 2.05) is 49.4 Å². The molecule has 2 N–H and O–H groups in total. The van der Waals surface area contributed by atoms with Gasteiger partial charge >= 0.3 is 0 Å². The van der Waals surface area contributed by atoms with Gasteiger partial charge in [0.2, 0.25) is 5.95 Å². The van der Waals surface area contributed by atoms with Crippen LogP contribution in [0, 0.1) is 6.92 Å². The predicted molar refractivity (Wildman–Crippen MR) is 97.9 cm³/mol. The van der Waals surface area contributed by atoms with Gasteiger partial charge in [0, 0.05) is 23.6 Å². The molecule has 3 aromatic heterocycles. The number of pyridine rings is 2. The molecule has 4 aromatic rings. The Bertz CT molecular complexity index is 1090. The molecule has 4 rings (SSSR count). The Balaban J connectivity index is 1.81. The first-order valence-corrected chi connectivity index (χ1v) is 7.85. The fraction of sp³-hybridized carbons (Fsp3) is 0.0526. The second kappa shape index (κ2) is 6.16. The number of aromatic nitrogens is 4.